The molecule has 0 bridgehead atoms. The van der Waals surface area contributed by atoms with Gasteiger partial charge >= 0.3 is 5.97 Å². The predicted octanol–water partition coefficient (Wildman–Crippen LogP) is 1.81. The van der Waals surface area contributed by atoms with Crippen LogP contribution in [0.4, 0.5) is 0 Å². The Morgan fingerprint density at radius 2 is 2.16 bits per heavy atom. The molecule has 1 fully saturated rings. The Morgan fingerprint density at radius 3 is 2.74 bits per heavy atom. The van der Waals surface area contributed by atoms with Crippen molar-refractivity contribution in [2.24, 2.45) is 0 Å². The maximum absolute atomic E-state index is 10.8. The number of rotatable bonds is 6. The molecule has 0 radical (unpaired) electrons. The van der Waals surface area contributed by atoms with E-state index in [1.54, 1.807) is 6.07 Å². The van der Waals surface area contributed by atoms with Crippen LogP contribution in [0.3, 0.4) is 0 Å². The molecule has 106 valence electrons. The van der Waals surface area contributed by atoms with Gasteiger partial charge in [0.2, 0.25) is 5.76 Å². The summed E-state index contributed by atoms with van der Waals surface area (Å²) < 4.78 is 5.22. The zero-order valence-electron chi connectivity index (χ0n) is 11.7. The van der Waals surface area contributed by atoms with E-state index in [0.29, 0.717) is 5.76 Å². The molecule has 0 spiro atoms. The highest BCUT2D eigenvalue weighted by molar-refractivity contribution is 5.84. The normalized spacial score (nSPS) is 16.4. The Labute approximate surface area is 113 Å². The van der Waals surface area contributed by atoms with Crippen molar-refractivity contribution >= 4 is 5.97 Å². The van der Waals surface area contributed by atoms with E-state index in [9.17, 15) is 4.79 Å². The van der Waals surface area contributed by atoms with Gasteiger partial charge < -0.3 is 19.3 Å². The second-order valence-electron chi connectivity index (χ2n) is 5.28. The zero-order valence-corrected chi connectivity index (χ0v) is 11.7. The van der Waals surface area contributed by atoms with Gasteiger partial charge in [-0.1, -0.05) is 0 Å². The number of furan rings is 1. The van der Waals surface area contributed by atoms with Gasteiger partial charge in [0.05, 0.1) is 0 Å². The maximum Gasteiger partial charge on any atom is 0.371 e. The third kappa shape index (κ3) is 3.81. The monoisotopic (exact) mass is 266 g/mol. The Morgan fingerprint density at radius 1 is 1.47 bits per heavy atom. The SMILES string of the molecule is Cc1oc(C(=O)O)cc1CN(C)CCN1CCCC1. The number of carboxylic acid groups (broad SMARTS) is 1. The van der Waals surface area contributed by atoms with E-state index < -0.39 is 5.97 Å². The molecule has 5 nitrogen and oxygen atoms in total. The topological polar surface area (TPSA) is 56.9 Å². The van der Waals surface area contributed by atoms with E-state index in [4.69, 9.17) is 9.52 Å². The van der Waals surface area contributed by atoms with Crippen LogP contribution in [-0.4, -0.2) is 54.1 Å². The van der Waals surface area contributed by atoms with Crippen molar-refractivity contribution in [2.75, 3.05) is 33.2 Å². The first-order valence-electron chi connectivity index (χ1n) is 6.80. The first kappa shape index (κ1) is 14.1. The number of aromatic carboxylic acids is 1. The van der Waals surface area contributed by atoms with Gasteiger partial charge in [0.1, 0.15) is 5.76 Å². The van der Waals surface area contributed by atoms with Gasteiger partial charge in [0.25, 0.3) is 0 Å². The van der Waals surface area contributed by atoms with Crippen LogP contribution < -0.4 is 0 Å². The number of aryl methyl sites for hydroxylation is 1. The molecule has 0 aliphatic carbocycles. The molecule has 2 rings (SSSR count). The van der Waals surface area contributed by atoms with Crippen LogP contribution in [0.15, 0.2) is 10.5 Å². The highest BCUT2D eigenvalue weighted by atomic mass is 16.4. The number of carboxylic acids is 1. The summed E-state index contributed by atoms with van der Waals surface area (Å²) >= 11 is 0. The molecule has 19 heavy (non-hydrogen) atoms. The van der Waals surface area contributed by atoms with Crippen molar-refractivity contribution in [1.82, 2.24) is 9.80 Å². The van der Waals surface area contributed by atoms with Crippen molar-refractivity contribution in [3.63, 3.8) is 0 Å². The smallest absolute Gasteiger partial charge is 0.371 e. The lowest BCUT2D eigenvalue weighted by Gasteiger charge is -2.20. The minimum atomic E-state index is -1.01. The van der Waals surface area contributed by atoms with E-state index >= 15 is 0 Å². The van der Waals surface area contributed by atoms with E-state index in [-0.39, 0.29) is 5.76 Å². The lowest BCUT2D eigenvalue weighted by molar-refractivity contribution is 0.0661. The van der Waals surface area contributed by atoms with Crippen molar-refractivity contribution in [1.29, 1.82) is 0 Å². The summed E-state index contributed by atoms with van der Waals surface area (Å²) in [7, 11) is 2.06. The van der Waals surface area contributed by atoms with Crippen molar-refractivity contribution < 1.29 is 14.3 Å². The van der Waals surface area contributed by atoms with Crippen molar-refractivity contribution in [2.45, 2.75) is 26.3 Å². The Bertz CT molecular complexity index is 436. The number of likely N-dealkylation sites (N-methyl/N-ethyl adjacent to an activating group) is 1. The fourth-order valence-corrected chi connectivity index (χ4v) is 2.47. The third-order valence-electron chi connectivity index (χ3n) is 3.67. The highest BCUT2D eigenvalue weighted by Crippen LogP contribution is 2.16. The molecular weight excluding hydrogens is 244 g/mol. The Kier molecular flexibility index (Phi) is 4.61. The minimum Gasteiger partial charge on any atom is -0.475 e. The zero-order chi connectivity index (χ0) is 13.8. The second-order valence-corrected chi connectivity index (χ2v) is 5.28. The fraction of sp³-hybridized carbons (Fsp3) is 0.643. The number of carbonyl (C=O) groups is 1. The lowest BCUT2D eigenvalue weighted by atomic mass is 10.2. The summed E-state index contributed by atoms with van der Waals surface area (Å²) in [5.41, 5.74) is 0.960. The Balaban J connectivity index is 1.83. The summed E-state index contributed by atoms with van der Waals surface area (Å²) in [6.45, 7) is 7.04. The largest absolute Gasteiger partial charge is 0.475 e. The van der Waals surface area contributed by atoms with Crippen LogP contribution >= 0.6 is 0 Å². The molecule has 1 aliphatic heterocycles. The molecule has 0 atom stereocenters. The predicted molar refractivity (Wildman–Crippen MR) is 72.4 cm³/mol. The van der Waals surface area contributed by atoms with Gasteiger partial charge in [-0.15, -0.1) is 0 Å². The second kappa shape index (κ2) is 6.21. The molecule has 1 aliphatic rings. The molecule has 0 unspecified atom stereocenters. The standard InChI is InChI=1S/C14H22N2O3/c1-11-12(9-13(19-11)14(17)18)10-15(2)7-8-16-5-3-4-6-16/h9H,3-8,10H2,1-2H3,(H,17,18). The molecule has 0 aromatic carbocycles. The quantitative estimate of drug-likeness (QED) is 0.851. The van der Waals surface area contributed by atoms with Gasteiger partial charge in [-0.05, 0) is 46.0 Å². The van der Waals surface area contributed by atoms with Crippen molar-refractivity contribution in [3.8, 4) is 0 Å². The van der Waals surface area contributed by atoms with Gasteiger partial charge in [-0.2, -0.15) is 0 Å². The average Bonchev–Trinajstić information content (AvgIpc) is 2.97. The van der Waals surface area contributed by atoms with Crippen LogP contribution in [-0.2, 0) is 6.54 Å². The molecule has 0 amide bonds. The van der Waals surface area contributed by atoms with Crippen LogP contribution in [0.1, 0.15) is 34.7 Å². The lowest BCUT2D eigenvalue weighted by Crippen LogP contribution is -2.31. The van der Waals surface area contributed by atoms with Gasteiger partial charge in [0, 0.05) is 25.2 Å². The summed E-state index contributed by atoms with van der Waals surface area (Å²) in [5.74, 6) is -0.278. The van der Waals surface area contributed by atoms with Crippen LogP contribution in [0.2, 0.25) is 0 Å². The first-order chi connectivity index (χ1) is 9.06. The molecule has 1 N–H and O–H groups in total. The van der Waals surface area contributed by atoms with E-state index in [1.807, 2.05) is 6.92 Å². The van der Waals surface area contributed by atoms with Crippen LogP contribution in [0.5, 0.6) is 0 Å². The van der Waals surface area contributed by atoms with Crippen LogP contribution in [0, 0.1) is 6.92 Å². The average molecular weight is 266 g/mol. The number of hydrogen-bond donors (Lipinski definition) is 1. The summed E-state index contributed by atoms with van der Waals surface area (Å²) in [6, 6.07) is 1.63. The third-order valence-corrected chi connectivity index (χ3v) is 3.67. The number of likely N-dealkylation sites (tertiary alicyclic amines) is 1. The van der Waals surface area contributed by atoms with Gasteiger partial charge in [-0.25, -0.2) is 4.79 Å². The molecule has 5 heteroatoms. The van der Waals surface area contributed by atoms with Crippen LogP contribution in [0.25, 0.3) is 0 Å². The summed E-state index contributed by atoms with van der Waals surface area (Å²) in [4.78, 5) is 15.5. The molecule has 1 aromatic heterocycles. The summed E-state index contributed by atoms with van der Waals surface area (Å²) in [6.07, 6.45) is 2.62. The van der Waals surface area contributed by atoms with Crippen molar-refractivity contribution in [3.05, 3.63) is 23.2 Å². The molecular formula is C14H22N2O3. The van der Waals surface area contributed by atoms with Gasteiger partial charge in [-0.3, -0.25) is 0 Å². The highest BCUT2D eigenvalue weighted by Gasteiger charge is 2.15. The number of nitrogens with zero attached hydrogens (tertiary/aromatic N) is 2. The molecule has 1 saturated heterocycles. The minimum absolute atomic E-state index is 0.0282. The summed E-state index contributed by atoms with van der Waals surface area (Å²) in [5, 5.41) is 8.89. The molecule has 1 aromatic rings. The van der Waals surface area contributed by atoms with E-state index in [0.717, 1.165) is 25.2 Å². The maximum atomic E-state index is 10.8. The molecule has 2 heterocycles. The first-order valence-corrected chi connectivity index (χ1v) is 6.80. The van der Waals surface area contributed by atoms with E-state index in [2.05, 4.69) is 16.8 Å². The molecule has 0 saturated carbocycles. The van der Waals surface area contributed by atoms with Gasteiger partial charge in [0.15, 0.2) is 0 Å². The Hall–Kier alpha value is -1.33. The van der Waals surface area contributed by atoms with E-state index in [1.165, 1.54) is 25.9 Å². The fourth-order valence-electron chi connectivity index (χ4n) is 2.47. The number of hydrogen-bond acceptors (Lipinski definition) is 4.